The van der Waals surface area contributed by atoms with Crippen LogP contribution in [0.3, 0.4) is 0 Å². The van der Waals surface area contributed by atoms with Gasteiger partial charge in [0, 0.05) is 18.8 Å². The maximum atomic E-state index is 12.4. The molecule has 10 heteroatoms. The van der Waals surface area contributed by atoms with Crippen molar-refractivity contribution in [2.45, 2.75) is 30.7 Å². The topological polar surface area (TPSA) is 140 Å². The zero-order chi connectivity index (χ0) is 15.8. The lowest BCUT2D eigenvalue weighted by Gasteiger charge is -2.34. The second-order valence-corrected chi connectivity index (χ2v) is 6.82. The highest BCUT2D eigenvalue weighted by Gasteiger charge is 2.38. The molecule has 1 fully saturated rings. The summed E-state index contributed by atoms with van der Waals surface area (Å²) in [6.07, 6.45) is 1.21. The Kier molecular flexibility index (Phi) is 4.01. The molecule has 9 nitrogen and oxygen atoms in total. The first kappa shape index (κ1) is 15.4. The summed E-state index contributed by atoms with van der Waals surface area (Å²) in [6.45, 7) is 1.60. The van der Waals surface area contributed by atoms with E-state index in [0.29, 0.717) is 0 Å². The lowest BCUT2D eigenvalue weighted by molar-refractivity contribution is -0.143. The number of H-pyrrole nitrogens is 2. The van der Waals surface area contributed by atoms with Crippen molar-refractivity contribution in [2.75, 3.05) is 6.54 Å². The molecular formula is C11H15N3O6S. The Labute approximate surface area is 119 Å². The van der Waals surface area contributed by atoms with E-state index in [1.165, 1.54) is 0 Å². The second kappa shape index (κ2) is 5.45. The Balaban J connectivity index is 2.35. The average Bonchev–Trinajstić information content (AvgIpc) is 2.37. The zero-order valence-corrected chi connectivity index (χ0v) is 12.0. The van der Waals surface area contributed by atoms with Crippen LogP contribution in [0, 0.1) is 5.92 Å². The first-order chi connectivity index (χ1) is 9.73. The van der Waals surface area contributed by atoms with Gasteiger partial charge >= 0.3 is 11.7 Å². The highest BCUT2D eigenvalue weighted by molar-refractivity contribution is 7.89. The number of carboxylic acids is 1. The number of rotatable bonds is 3. The van der Waals surface area contributed by atoms with Crippen LogP contribution < -0.4 is 11.2 Å². The quantitative estimate of drug-likeness (QED) is 0.649. The lowest BCUT2D eigenvalue weighted by Crippen LogP contribution is -2.47. The zero-order valence-electron chi connectivity index (χ0n) is 11.2. The van der Waals surface area contributed by atoms with Crippen molar-refractivity contribution in [1.29, 1.82) is 0 Å². The first-order valence-electron chi connectivity index (χ1n) is 6.30. The summed E-state index contributed by atoms with van der Waals surface area (Å²) < 4.78 is 26.0. The number of piperidine rings is 1. The third-order valence-electron chi connectivity index (χ3n) is 3.54. The summed E-state index contributed by atoms with van der Waals surface area (Å²) in [5, 5.41) is 8.97. The van der Waals surface area contributed by atoms with Crippen LogP contribution in [-0.2, 0) is 14.8 Å². The minimum absolute atomic E-state index is 0.0129. The Bertz CT molecular complexity index is 765. The molecule has 0 aromatic carbocycles. The van der Waals surface area contributed by atoms with Gasteiger partial charge in [-0.2, -0.15) is 4.31 Å². The molecule has 116 valence electrons. The van der Waals surface area contributed by atoms with Crippen molar-refractivity contribution in [2.24, 2.45) is 5.92 Å². The molecule has 21 heavy (non-hydrogen) atoms. The number of hydrogen-bond donors (Lipinski definition) is 3. The van der Waals surface area contributed by atoms with Crippen molar-refractivity contribution < 1.29 is 18.3 Å². The highest BCUT2D eigenvalue weighted by Crippen LogP contribution is 2.27. The fraction of sp³-hybridized carbons (Fsp3) is 0.545. The van der Waals surface area contributed by atoms with Gasteiger partial charge in [0.1, 0.15) is 0 Å². The monoisotopic (exact) mass is 317 g/mol. The Morgan fingerprint density at radius 3 is 2.62 bits per heavy atom. The van der Waals surface area contributed by atoms with Gasteiger partial charge in [0.25, 0.3) is 5.56 Å². The number of aromatic nitrogens is 2. The molecule has 2 heterocycles. The largest absolute Gasteiger partial charge is 0.481 e. The predicted octanol–water partition coefficient (Wildman–Crippen LogP) is -1.06. The molecule has 0 amide bonds. The van der Waals surface area contributed by atoms with Crippen LogP contribution in [0.2, 0.25) is 0 Å². The van der Waals surface area contributed by atoms with Gasteiger partial charge < -0.3 is 10.1 Å². The molecule has 1 aromatic heterocycles. The SMILES string of the molecule is CC1CC(C(=O)O)CCN1S(=O)(=O)c1c[nH]c(=O)[nH]c1=O. The molecule has 2 rings (SSSR count). The predicted molar refractivity (Wildman–Crippen MR) is 71.4 cm³/mol. The van der Waals surface area contributed by atoms with Gasteiger partial charge in [-0.15, -0.1) is 0 Å². The van der Waals surface area contributed by atoms with E-state index in [1.54, 1.807) is 6.92 Å². The van der Waals surface area contributed by atoms with Crippen molar-refractivity contribution in [3.63, 3.8) is 0 Å². The number of carbonyl (C=O) groups is 1. The number of nitrogens with one attached hydrogen (secondary N) is 2. The molecular weight excluding hydrogens is 302 g/mol. The highest BCUT2D eigenvalue weighted by atomic mass is 32.2. The third-order valence-corrected chi connectivity index (χ3v) is 5.56. The second-order valence-electron chi connectivity index (χ2n) is 4.96. The standard InChI is InChI=1S/C11H15N3O6S/c1-6-4-7(10(16)17)2-3-14(6)21(19,20)8-5-12-11(18)13-9(8)15/h5-7H,2-4H2,1H3,(H,16,17)(H2,12,13,15,18). The number of aliphatic carboxylic acids is 1. The smallest absolute Gasteiger partial charge is 0.325 e. The normalized spacial score (nSPS) is 23.9. The summed E-state index contributed by atoms with van der Waals surface area (Å²) in [6, 6.07) is -0.545. The molecule has 0 spiro atoms. The fourth-order valence-electron chi connectivity index (χ4n) is 2.45. The molecule has 1 aliphatic heterocycles. The molecule has 2 atom stereocenters. The van der Waals surface area contributed by atoms with Gasteiger partial charge in [0.2, 0.25) is 10.0 Å². The maximum absolute atomic E-state index is 12.4. The van der Waals surface area contributed by atoms with E-state index in [2.05, 4.69) is 4.98 Å². The molecule has 0 saturated carbocycles. The summed E-state index contributed by atoms with van der Waals surface area (Å²) >= 11 is 0. The fourth-order valence-corrected chi connectivity index (χ4v) is 4.10. The van der Waals surface area contributed by atoms with E-state index >= 15 is 0 Å². The molecule has 3 N–H and O–H groups in total. The van der Waals surface area contributed by atoms with Gasteiger partial charge in [0.15, 0.2) is 4.90 Å². The third kappa shape index (κ3) is 2.90. The van der Waals surface area contributed by atoms with E-state index in [0.717, 1.165) is 10.5 Å². The number of aromatic amines is 2. The summed E-state index contributed by atoms with van der Waals surface area (Å²) in [4.78, 5) is 37.0. The Hall–Kier alpha value is -1.94. The maximum Gasteiger partial charge on any atom is 0.325 e. The summed E-state index contributed by atoms with van der Waals surface area (Å²) in [5.74, 6) is -1.55. The van der Waals surface area contributed by atoms with Crippen molar-refractivity contribution in [1.82, 2.24) is 14.3 Å². The van der Waals surface area contributed by atoms with Crippen molar-refractivity contribution >= 4 is 16.0 Å². The number of hydrogen-bond acceptors (Lipinski definition) is 5. The van der Waals surface area contributed by atoms with Crippen LogP contribution in [0.1, 0.15) is 19.8 Å². The minimum Gasteiger partial charge on any atom is -0.481 e. The van der Waals surface area contributed by atoms with Crippen LogP contribution in [0.25, 0.3) is 0 Å². The van der Waals surface area contributed by atoms with Crippen LogP contribution in [0.4, 0.5) is 0 Å². The number of sulfonamides is 1. The molecule has 0 aliphatic carbocycles. The molecule has 1 aliphatic rings. The van der Waals surface area contributed by atoms with Gasteiger partial charge in [-0.25, -0.2) is 13.2 Å². The average molecular weight is 317 g/mol. The molecule has 1 saturated heterocycles. The summed E-state index contributed by atoms with van der Waals surface area (Å²) in [5.41, 5.74) is -1.79. The van der Waals surface area contributed by atoms with E-state index in [4.69, 9.17) is 5.11 Å². The minimum atomic E-state index is -4.08. The van der Waals surface area contributed by atoms with Gasteiger partial charge in [-0.05, 0) is 19.8 Å². The number of nitrogens with zero attached hydrogens (tertiary/aromatic N) is 1. The first-order valence-corrected chi connectivity index (χ1v) is 7.74. The van der Waals surface area contributed by atoms with Crippen LogP contribution in [0.15, 0.2) is 20.7 Å². The van der Waals surface area contributed by atoms with Crippen molar-refractivity contribution in [3.05, 3.63) is 27.0 Å². The lowest BCUT2D eigenvalue weighted by atomic mass is 9.93. The molecule has 0 bridgehead atoms. The Morgan fingerprint density at radius 2 is 2.10 bits per heavy atom. The van der Waals surface area contributed by atoms with Crippen LogP contribution in [0.5, 0.6) is 0 Å². The molecule has 1 aromatic rings. The van der Waals surface area contributed by atoms with Crippen LogP contribution >= 0.6 is 0 Å². The van der Waals surface area contributed by atoms with Gasteiger partial charge in [-0.1, -0.05) is 0 Å². The molecule has 2 unspecified atom stereocenters. The van der Waals surface area contributed by atoms with Gasteiger partial charge in [0.05, 0.1) is 5.92 Å². The van der Waals surface area contributed by atoms with E-state index < -0.39 is 44.1 Å². The Morgan fingerprint density at radius 1 is 1.43 bits per heavy atom. The van der Waals surface area contributed by atoms with E-state index in [9.17, 15) is 22.8 Å². The van der Waals surface area contributed by atoms with Crippen LogP contribution in [-0.4, -0.2) is 46.4 Å². The summed E-state index contributed by atoms with van der Waals surface area (Å²) in [7, 11) is -4.08. The van der Waals surface area contributed by atoms with E-state index in [1.807, 2.05) is 4.98 Å². The van der Waals surface area contributed by atoms with E-state index in [-0.39, 0.29) is 19.4 Å². The van der Waals surface area contributed by atoms with Gasteiger partial charge in [-0.3, -0.25) is 14.6 Å². The molecule has 0 radical (unpaired) electrons. The van der Waals surface area contributed by atoms with Crippen molar-refractivity contribution in [3.8, 4) is 0 Å². The number of carboxylic acid groups (broad SMARTS) is 1.